The second kappa shape index (κ2) is 6.72. The lowest BCUT2D eigenvalue weighted by Crippen LogP contribution is -2.16. The summed E-state index contributed by atoms with van der Waals surface area (Å²) < 4.78 is 0. The SMILES string of the molecule is CCC(C)Nc1nc(Cl)nc(Nc2cccc(Cl)c2)n1. The average Bonchev–Trinajstić information content (AvgIpc) is 2.37. The summed E-state index contributed by atoms with van der Waals surface area (Å²) in [5.41, 5.74) is 0.786. The van der Waals surface area contributed by atoms with Gasteiger partial charge in [-0.2, -0.15) is 15.0 Å². The van der Waals surface area contributed by atoms with E-state index in [1.807, 2.05) is 19.1 Å². The molecule has 0 radical (unpaired) electrons. The maximum absolute atomic E-state index is 5.93. The third-order valence-electron chi connectivity index (χ3n) is 2.68. The molecule has 2 rings (SSSR count). The number of nitrogens with zero attached hydrogens (tertiary/aromatic N) is 3. The number of nitrogens with one attached hydrogen (secondary N) is 2. The van der Waals surface area contributed by atoms with E-state index in [0.29, 0.717) is 16.9 Å². The number of hydrogen-bond acceptors (Lipinski definition) is 5. The lowest BCUT2D eigenvalue weighted by Gasteiger charge is -2.12. The lowest BCUT2D eigenvalue weighted by molar-refractivity contribution is 0.751. The Morgan fingerprint density at radius 3 is 2.60 bits per heavy atom. The Balaban J connectivity index is 2.19. The van der Waals surface area contributed by atoms with Crippen LogP contribution in [0.25, 0.3) is 0 Å². The van der Waals surface area contributed by atoms with E-state index in [2.05, 4.69) is 32.5 Å². The zero-order valence-corrected chi connectivity index (χ0v) is 12.7. The van der Waals surface area contributed by atoms with Crippen molar-refractivity contribution in [2.24, 2.45) is 0 Å². The maximum atomic E-state index is 5.93. The third kappa shape index (κ3) is 4.21. The van der Waals surface area contributed by atoms with E-state index < -0.39 is 0 Å². The number of benzene rings is 1. The minimum Gasteiger partial charge on any atom is -0.352 e. The van der Waals surface area contributed by atoms with Gasteiger partial charge in [-0.05, 0) is 43.1 Å². The lowest BCUT2D eigenvalue weighted by atomic mass is 10.3. The molecule has 20 heavy (non-hydrogen) atoms. The Morgan fingerprint density at radius 1 is 1.15 bits per heavy atom. The van der Waals surface area contributed by atoms with Crippen LogP contribution in [0.5, 0.6) is 0 Å². The van der Waals surface area contributed by atoms with E-state index in [-0.39, 0.29) is 11.3 Å². The molecule has 5 nitrogen and oxygen atoms in total. The molecule has 0 aliphatic heterocycles. The van der Waals surface area contributed by atoms with Crippen LogP contribution in [0.2, 0.25) is 10.3 Å². The number of hydrogen-bond donors (Lipinski definition) is 2. The second-order valence-electron chi connectivity index (χ2n) is 4.34. The van der Waals surface area contributed by atoms with Crippen molar-refractivity contribution in [3.05, 3.63) is 34.6 Å². The van der Waals surface area contributed by atoms with Gasteiger partial charge in [-0.3, -0.25) is 0 Å². The first-order valence-corrected chi connectivity index (χ1v) is 7.03. The van der Waals surface area contributed by atoms with Crippen molar-refractivity contribution in [1.82, 2.24) is 15.0 Å². The van der Waals surface area contributed by atoms with E-state index >= 15 is 0 Å². The molecule has 0 aliphatic rings. The van der Waals surface area contributed by atoms with Crippen molar-refractivity contribution in [3.63, 3.8) is 0 Å². The van der Waals surface area contributed by atoms with Gasteiger partial charge in [0.2, 0.25) is 17.2 Å². The van der Waals surface area contributed by atoms with Crippen LogP contribution in [0.1, 0.15) is 20.3 Å². The Morgan fingerprint density at radius 2 is 1.90 bits per heavy atom. The summed E-state index contributed by atoms with van der Waals surface area (Å²) in [6.45, 7) is 4.12. The summed E-state index contributed by atoms with van der Waals surface area (Å²) in [7, 11) is 0. The van der Waals surface area contributed by atoms with E-state index in [1.165, 1.54) is 0 Å². The van der Waals surface area contributed by atoms with Crippen LogP contribution in [0.3, 0.4) is 0 Å². The highest BCUT2D eigenvalue weighted by molar-refractivity contribution is 6.30. The second-order valence-corrected chi connectivity index (χ2v) is 5.12. The summed E-state index contributed by atoms with van der Waals surface area (Å²) in [6.07, 6.45) is 0.959. The van der Waals surface area contributed by atoms with Crippen LogP contribution in [-0.2, 0) is 0 Å². The zero-order chi connectivity index (χ0) is 14.5. The molecular weight excluding hydrogens is 297 g/mol. The molecule has 2 aromatic rings. The molecule has 0 aliphatic carbocycles. The van der Waals surface area contributed by atoms with Gasteiger partial charge in [0.25, 0.3) is 0 Å². The maximum Gasteiger partial charge on any atom is 0.233 e. The van der Waals surface area contributed by atoms with E-state index in [1.54, 1.807) is 12.1 Å². The third-order valence-corrected chi connectivity index (χ3v) is 3.08. The van der Waals surface area contributed by atoms with Crippen LogP contribution in [0.4, 0.5) is 17.6 Å². The Hall–Kier alpha value is -1.59. The monoisotopic (exact) mass is 311 g/mol. The Bertz CT molecular complexity index is 591. The molecule has 106 valence electrons. The van der Waals surface area contributed by atoms with Gasteiger partial charge in [-0.1, -0.05) is 24.6 Å². The molecule has 2 N–H and O–H groups in total. The molecule has 7 heteroatoms. The number of anilines is 3. The molecular formula is C13H15Cl2N5. The van der Waals surface area contributed by atoms with Crippen LogP contribution >= 0.6 is 23.2 Å². The Labute approximate surface area is 127 Å². The molecule has 0 spiro atoms. The first-order chi connectivity index (χ1) is 9.56. The number of rotatable bonds is 5. The first-order valence-electron chi connectivity index (χ1n) is 6.27. The molecule has 0 amide bonds. The van der Waals surface area contributed by atoms with Crippen molar-refractivity contribution in [3.8, 4) is 0 Å². The molecule has 0 fully saturated rings. The van der Waals surface area contributed by atoms with Crippen molar-refractivity contribution in [2.45, 2.75) is 26.3 Å². The minimum atomic E-state index is 0.135. The first kappa shape index (κ1) is 14.8. The molecule has 1 heterocycles. The van der Waals surface area contributed by atoms with Gasteiger partial charge in [0.05, 0.1) is 0 Å². The predicted molar refractivity (Wildman–Crippen MR) is 82.9 cm³/mol. The molecule has 0 bridgehead atoms. The van der Waals surface area contributed by atoms with Gasteiger partial charge in [-0.25, -0.2) is 0 Å². The van der Waals surface area contributed by atoms with Crippen molar-refractivity contribution < 1.29 is 0 Å². The molecule has 0 saturated heterocycles. The quantitative estimate of drug-likeness (QED) is 0.869. The van der Waals surface area contributed by atoms with Gasteiger partial charge in [0.1, 0.15) is 0 Å². The van der Waals surface area contributed by atoms with E-state index in [4.69, 9.17) is 23.2 Å². The summed E-state index contributed by atoms with van der Waals surface area (Å²) >= 11 is 11.8. The predicted octanol–water partition coefficient (Wildman–Crippen LogP) is 4.13. The summed E-state index contributed by atoms with van der Waals surface area (Å²) in [6, 6.07) is 7.54. The molecule has 0 saturated carbocycles. The molecule has 1 aromatic heterocycles. The topological polar surface area (TPSA) is 62.7 Å². The molecule has 1 unspecified atom stereocenters. The molecule has 1 atom stereocenters. The van der Waals surface area contributed by atoms with Gasteiger partial charge >= 0.3 is 0 Å². The van der Waals surface area contributed by atoms with Crippen LogP contribution < -0.4 is 10.6 Å². The van der Waals surface area contributed by atoms with Gasteiger partial charge < -0.3 is 10.6 Å². The highest BCUT2D eigenvalue weighted by Crippen LogP contribution is 2.19. The van der Waals surface area contributed by atoms with Gasteiger partial charge in [0.15, 0.2) is 0 Å². The smallest absolute Gasteiger partial charge is 0.233 e. The zero-order valence-electron chi connectivity index (χ0n) is 11.2. The molecule has 1 aromatic carbocycles. The standard InChI is InChI=1S/C13H15Cl2N5/c1-3-8(2)16-12-18-11(15)19-13(20-12)17-10-6-4-5-9(14)7-10/h4-8H,3H2,1-2H3,(H2,16,17,18,19,20). The van der Waals surface area contributed by atoms with Crippen LogP contribution in [0, 0.1) is 0 Å². The van der Waals surface area contributed by atoms with Crippen LogP contribution in [-0.4, -0.2) is 21.0 Å². The highest BCUT2D eigenvalue weighted by atomic mass is 35.5. The van der Waals surface area contributed by atoms with Gasteiger partial charge in [-0.15, -0.1) is 0 Å². The fourth-order valence-electron chi connectivity index (χ4n) is 1.49. The summed E-state index contributed by atoms with van der Waals surface area (Å²) in [4.78, 5) is 12.4. The average molecular weight is 312 g/mol. The fourth-order valence-corrected chi connectivity index (χ4v) is 1.84. The minimum absolute atomic E-state index is 0.135. The fraction of sp³-hybridized carbons (Fsp3) is 0.308. The van der Waals surface area contributed by atoms with Crippen molar-refractivity contribution >= 4 is 40.8 Å². The van der Waals surface area contributed by atoms with Crippen LogP contribution in [0.15, 0.2) is 24.3 Å². The largest absolute Gasteiger partial charge is 0.352 e. The van der Waals surface area contributed by atoms with E-state index in [9.17, 15) is 0 Å². The number of halogens is 2. The summed E-state index contributed by atoms with van der Waals surface area (Å²) in [5, 5.41) is 6.97. The Kier molecular flexibility index (Phi) is 4.98. The van der Waals surface area contributed by atoms with Crippen molar-refractivity contribution in [2.75, 3.05) is 10.6 Å². The highest BCUT2D eigenvalue weighted by Gasteiger charge is 2.07. The van der Waals surface area contributed by atoms with Crippen molar-refractivity contribution in [1.29, 1.82) is 0 Å². The summed E-state index contributed by atoms with van der Waals surface area (Å²) in [5.74, 6) is 0.821. The van der Waals surface area contributed by atoms with Gasteiger partial charge in [0, 0.05) is 16.8 Å². The normalized spacial score (nSPS) is 12.0. The number of aromatic nitrogens is 3. The van der Waals surface area contributed by atoms with E-state index in [0.717, 1.165) is 12.1 Å².